The monoisotopic (exact) mass is 275 g/mol. The van der Waals surface area contributed by atoms with Gasteiger partial charge >= 0.3 is 6.09 Å². The van der Waals surface area contributed by atoms with Gasteiger partial charge in [-0.2, -0.15) is 0 Å². The van der Waals surface area contributed by atoms with E-state index in [0.717, 1.165) is 18.5 Å². The molecule has 1 aromatic heterocycles. The van der Waals surface area contributed by atoms with E-state index < -0.39 is 5.60 Å². The van der Waals surface area contributed by atoms with E-state index >= 15 is 0 Å². The topological polar surface area (TPSA) is 55.3 Å². The van der Waals surface area contributed by atoms with Crippen LogP contribution in [0.1, 0.15) is 32.8 Å². The molecular weight excluding hydrogens is 254 g/mol. The van der Waals surface area contributed by atoms with Crippen LogP contribution in [-0.2, 0) is 4.74 Å². The molecule has 0 spiro atoms. The van der Waals surface area contributed by atoms with E-state index in [4.69, 9.17) is 4.74 Å². The van der Waals surface area contributed by atoms with Gasteiger partial charge in [0.2, 0.25) is 0 Å². The minimum absolute atomic E-state index is 0.226. The van der Waals surface area contributed by atoms with Crippen molar-refractivity contribution in [3.05, 3.63) is 30.4 Å². The summed E-state index contributed by atoms with van der Waals surface area (Å²) in [5, 5.41) is 0. The Morgan fingerprint density at radius 1 is 1.40 bits per heavy atom. The molecule has 108 valence electrons. The number of aromatic nitrogens is 2. The number of likely N-dealkylation sites (tertiary alicyclic amines) is 1. The van der Waals surface area contributed by atoms with E-state index in [1.54, 1.807) is 17.3 Å². The van der Waals surface area contributed by atoms with Gasteiger partial charge in [0.1, 0.15) is 11.9 Å². The highest BCUT2D eigenvalue weighted by Gasteiger charge is 2.28. The second-order valence-electron chi connectivity index (χ2n) is 6.01. The normalized spacial score (nSPS) is 19.6. The number of amides is 1. The minimum Gasteiger partial charge on any atom is -0.444 e. The number of hydrogen-bond acceptors (Lipinski definition) is 4. The fourth-order valence-corrected chi connectivity index (χ4v) is 2.08. The van der Waals surface area contributed by atoms with E-state index in [2.05, 4.69) is 16.0 Å². The lowest BCUT2D eigenvalue weighted by atomic mass is 10.1. The first kappa shape index (κ1) is 14.5. The first-order chi connectivity index (χ1) is 9.44. The van der Waals surface area contributed by atoms with Gasteiger partial charge in [-0.1, -0.05) is 12.2 Å². The Morgan fingerprint density at radius 2 is 2.10 bits per heavy atom. The maximum atomic E-state index is 11.9. The molecule has 5 heteroatoms. The third-order valence-corrected chi connectivity index (χ3v) is 3.02. The van der Waals surface area contributed by atoms with Crippen LogP contribution in [0.3, 0.4) is 0 Å². The molecule has 0 radical (unpaired) electrons. The van der Waals surface area contributed by atoms with Gasteiger partial charge in [0.25, 0.3) is 0 Å². The van der Waals surface area contributed by atoms with Crippen LogP contribution in [0, 0.1) is 5.92 Å². The molecule has 1 aliphatic rings. The minimum atomic E-state index is -0.438. The summed E-state index contributed by atoms with van der Waals surface area (Å²) >= 11 is 0. The highest BCUT2D eigenvalue weighted by Crippen LogP contribution is 2.21. The van der Waals surface area contributed by atoms with Crippen LogP contribution in [-0.4, -0.2) is 39.7 Å². The van der Waals surface area contributed by atoms with Crippen LogP contribution in [0.15, 0.2) is 24.8 Å². The number of rotatable bonds is 2. The molecule has 0 aromatic carbocycles. The lowest BCUT2D eigenvalue weighted by Crippen LogP contribution is -2.35. The van der Waals surface area contributed by atoms with Crippen molar-refractivity contribution >= 4 is 12.2 Å². The Bertz CT molecular complexity index is 480. The van der Waals surface area contributed by atoms with Crippen molar-refractivity contribution in [1.29, 1.82) is 0 Å². The van der Waals surface area contributed by atoms with Gasteiger partial charge in [-0.3, -0.25) is 0 Å². The molecule has 2 heterocycles. The van der Waals surface area contributed by atoms with E-state index in [-0.39, 0.29) is 6.09 Å². The van der Waals surface area contributed by atoms with Crippen LogP contribution >= 0.6 is 0 Å². The fraction of sp³-hybridized carbons (Fsp3) is 0.533. The number of nitrogens with zero attached hydrogens (tertiary/aromatic N) is 3. The molecular formula is C15H21N3O2. The SMILES string of the molecule is CC(C)(C)OC(=O)N1CCC(C=Cc2cncnc2)C1. The molecule has 1 fully saturated rings. The molecule has 1 amide bonds. The smallest absolute Gasteiger partial charge is 0.410 e. The lowest BCUT2D eigenvalue weighted by molar-refractivity contribution is 0.0291. The lowest BCUT2D eigenvalue weighted by Gasteiger charge is -2.24. The molecule has 1 aliphatic heterocycles. The maximum Gasteiger partial charge on any atom is 0.410 e. The predicted molar refractivity (Wildman–Crippen MR) is 77.0 cm³/mol. The summed E-state index contributed by atoms with van der Waals surface area (Å²) in [6.45, 7) is 7.10. The van der Waals surface area contributed by atoms with Crippen molar-refractivity contribution in [3.63, 3.8) is 0 Å². The summed E-state index contributed by atoms with van der Waals surface area (Å²) in [6.07, 6.45) is 9.90. The van der Waals surface area contributed by atoms with Crippen LogP contribution in [0.5, 0.6) is 0 Å². The van der Waals surface area contributed by atoms with Gasteiger partial charge in [-0.25, -0.2) is 14.8 Å². The number of carbonyl (C=O) groups is 1. The second kappa shape index (κ2) is 6.03. The number of hydrogen-bond donors (Lipinski definition) is 0. The molecule has 0 aliphatic carbocycles. The van der Waals surface area contributed by atoms with Gasteiger partial charge in [0.15, 0.2) is 0 Å². The summed E-state index contributed by atoms with van der Waals surface area (Å²) in [4.78, 5) is 21.6. The van der Waals surface area contributed by atoms with Gasteiger partial charge < -0.3 is 9.64 Å². The molecule has 1 atom stereocenters. The highest BCUT2D eigenvalue weighted by atomic mass is 16.6. The van der Waals surface area contributed by atoms with Crippen molar-refractivity contribution < 1.29 is 9.53 Å². The second-order valence-corrected chi connectivity index (χ2v) is 6.01. The molecule has 1 saturated heterocycles. The van der Waals surface area contributed by atoms with Crippen molar-refractivity contribution in [2.75, 3.05) is 13.1 Å². The molecule has 20 heavy (non-hydrogen) atoms. The molecule has 0 saturated carbocycles. The van der Waals surface area contributed by atoms with Crippen LogP contribution < -0.4 is 0 Å². The fourth-order valence-electron chi connectivity index (χ4n) is 2.08. The van der Waals surface area contributed by atoms with Crippen molar-refractivity contribution in [2.24, 2.45) is 5.92 Å². The quantitative estimate of drug-likeness (QED) is 0.832. The summed E-state index contributed by atoms with van der Waals surface area (Å²) < 4.78 is 5.38. The molecule has 1 aromatic rings. The van der Waals surface area contributed by atoms with E-state index in [1.807, 2.05) is 26.8 Å². The molecule has 2 rings (SSSR count). The standard InChI is InChI=1S/C15H21N3O2/c1-15(2,3)20-14(19)18-7-6-12(10-18)4-5-13-8-16-11-17-9-13/h4-5,8-9,11-12H,6-7,10H2,1-3H3. The zero-order valence-corrected chi connectivity index (χ0v) is 12.2. The largest absolute Gasteiger partial charge is 0.444 e. The van der Waals surface area contributed by atoms with Crippen LogP contribution in [0.4, 0.5) is 4.79 Å². The molecule has 5 nitrogen and oxygen atoms in total. The highest BCUT2D eigenvalue weighted by molar-refractivity contribution is 5.68. The molecule has 0 bridgehead atoms. The zero-order chi connectivity index (χ0) is 14.6. The van der Waals surface area contributed by atoms with E-state index in [1.165, 1.54) is 6.33 Å². The number of ether oxygens (including phenoxy) is 1. The van der Waals surface area contributed by atoms with Gasteiger partial charge in [0.05, 0.1) is 0 Å². The zero-order valence-electron chi connectivity index (χ0n) is 12.2. The van der Waals surface area contributed by atoms with Crippen molar-refractivity contribution in [1.82, 2.24) is 14.9 Å². The molecule has 0 N–H and O–H groups in total. The molecule has 1 unspecified atom stereocenters. The third-order valence-electron chi connectivity index (χ3n) is 3.02. The van der Waals surface area contributed by atoms with Crippen molar-refractivity contribution in [3.8, 4) is 0 Å². The van der Waals surface area contributed by atoms with Gasteiger partial charge in [-0.15, -0.1) is 0 Å². The Balaban J connectivity index is 1.86. The maximum absolute atomic E-state index is 11.9. The summed E-state index contributed by atoms with van der Waals surface area (Å²) in [5.74, 6) is 0.364. The summed E-state index contributed by atoms with van der Waals surface area (Å²) in [6, 6.07) is 0. The van der Waals surface area contributed by atoms with E-state index in [0.29, 0.717) is 12.5 Å². The van der Waals surface area contributed by atoms with Crippen LogP contribution in [0.25, 0.3) is 6.08 Å². The Hall–Kier alpha value is -1.91. The Morgan fingerprint density at radius 3 is 2.75 bits per heavy atom. The van der Waals surface area contributed by atoms with Crippen molar-refractivity contribution in [2.45, 2.75) is 32.8 Å². The third kappa shape index (κ3) is 4.33. The summed E-state index contributed by atoms with van der Waals surface area (Å²) in [7, 11) is 0. The van der Waals surface area contributed by atoms with Gasteiger partial charge in [-0.05, 0) is 33.1 Å². The average molecular weight is 275 g/mol. The summed E-state index contributed by atoms with van der Waals surface area (Å²) in [5.41, 5.74) is 0.537. The predicted octanol–water partition coefficient (Wildman–Crippen LogP) is 2.75. The van der Waals surface area contributed by atoms with Gasteiger partial charge in [0, 0.05) is 31.0 Å². The van der Waals surface area contributed by atoms with Crippen LogP contribution in [0.2, 0.25) is 0 Å². The average Bonchev–Trinajstić information content (AvgIpc) is 2.84. The van der Waals surface area contributed by atoms with E-state index in [9.17, 15) is 4.79 Å². The number of carbonyl (C=O) groups excluding carboxylic acids is 1. The Kier molecular flexibility index (Phi) is 4.37. The Labute approximate surface area is 119 Å². The first-order valence-electron chi connectivity index (χ1n) is 6.85. The first-order valence-corrected chi connectivity index (χ1v) is 6.85.